The van der Waals surface area contributed by atoms with Crippen molar-refractivity contribution in [1.29, 1.82) is 0 Å². The minimum atomic E-state index is -0.254. The Morgan fingerprint density at radius 2 is 1.50 bits per heavy atom. The number of hydrogen-bond donors (Lipinski definition) is 3. The molecule has 0 unspecified atom stereocenters. The molecule has 1 aliphatic rings. The molecule has 8 heteroatoms. The Hall–Kier alpha value is -3.42. The molecule has 3 N–H and O–H groups in total. The van der Waals surface area contributed by atoms with Crippen LogP contribution >= 0.6 is 0 Å². The van der Waals surface area contributed by atoms with Gasteiger partial charge in [0.1, 0.15) is 11.6 Å². The second-order valence-corrected chi connectivity index (χ2v) is 7.93. The lowest BCUT2D eigenvalue weighted by molar-refractivity contribution is 0.410. The maximum Gasteiger partial charge on any atom is 0.229 e. The molecule has 1 saturated carbocycles. The van der Waals surface area contributed by atoms with Gasteiger partial charge in [0.25, 0.3) is 0 Å². The van der Waals surface area contributed by atoms with Gasteiger partial charge in [-0.3, -0.25) is 0 Å². The summed E-state index contributed by atoms with van der Waals surface area (Å²) in [7, 11) is 1.66. The number of aromatic nitrogens is 3. The van der Waals surface area contributed by atoms with E-state index in [2.05, 4.69) is 30.9 Å². The quantitative estimate of drug-likeness (QED) is 0.436. The molecule has 2 aromatic carbocycles. The number of methoxy groups -OCH3 is 1. The summed E-state index contributed by atoms with van der Waals surface area (Å²) in [6.45, 7) is 1.01. The minimum Gasteiger partial charge on any atom is -0.496 e. The van der Waals surface area contributed by atoms with Crippen LogP contribution in [0.4, 0.5) is 22.2 Å². The first-order chi connectivity index (χ1) is 15.7. The van der Waals surface area contributed by atoms with Crippen molar-refractivity contribution in [3.8, 4) is 5.75 Å². The third-order valence-electron chi connectivity index (χ3n) is 5.57. The van der Waals surface area contributed by atoms with E-state index in [0.29, 0.717) is 37.0 Å². The number of anilines is 3. The average Bonchev–Trinajstić information content (AvgIpc) is 2.83. The van der Waals surface area contributed by atoms with Gasteiger partial charge < -0.3 is 20.7 Å². The van der Waals surface area contributed by atoms with E-state index in [0.717, 1.165) is 29.7 Å². The zero-order valence-electron chi connectivity index (χ0n) is 18.3. The fourth-order valence-corrected chi connectivity index (χ4v) is 3.83. The van der Waals surface area contributed by atoms with Crippen LogP contribution in [0.15, 0.2) is 48.5 Å². The number of rotatable bonds is 9. The highest BCUT2D eigenvalue weighted by Crippen LogP contribution is 2.22. The molecule has 0 spiro atoms. The summed E-state index contributed by atoms with van der Waals surface area (Å²) < 4.78 is 18.6. The summed E-state index contributed by atoms with van der Waals surface area (Å²) in [5.41, 5.74) is 1.95. The molecule has 0 atom stereocenters. The largest absolute Gasteiger partial charge is 0.496 e. The van der Waals surface area contributed by atoms with Crippen LogP contribution in [-0.2, 0) is 13.1 Å². The number of nitrogens with zero attached hydrogens (tertiary/aromatic N) is 3. The molecule has 7 nitrogen and oxygen atoms in total. The van der Waals surface area contributed by atoms with E-state index in [9.17, 15) is 4.39 Å². The van der Waals surface area contributed by atoms with Gasteiger partial charge in [0.2, 0.25) is 17.8 Å². The number of nitrogens with one attached hydrogen (secondary N) is 3. The van der Waals surface area contributed by atoms with Crippen molar-refractivity contribution in [3.05, 3.63) is 65.5 Å². The highest BCUT2D eigenvalue weighted by Gasteiger charge is 2.16. The minimum absolute atomic E-state index is 0.254. The van der Waals surface area contributed by atoms with Crippen LogP contribution in [0, 0.1) is 5.82 Å². The SMILES string of the molecule is COc1ccccc1CNc1nc(NCc2ccc(F)cc2)nc(NC2CCCCC2)n1. The molecule has 1 fully saturated rings. The average molecular weight is 437 g/mol. The predicted octanol–water partition coefficient (Wildman–Crippen LogP) is 4.99. The summed E-state index contributed by atoms with van der Waals surface area (Å²) in [4.78, 5) is 13.7. The van der Waals surface area contributed by atoms with Gasteiger partial charge in [-0.05, 0) is 36.6 Å². The normalized spacial score (nSPS) is 14.1. The first-order valence-electron chi connectivity index (χ1n) is 11.1. The molecule has 3 aromatic rings. The molecule has 1 aromatic heterocycles. The number of halogens is 1. The van der Waals surface area contributed by atoms with Gasteiger partial charge in [-0.2, -0.15) is 15.0 Å². The van der Waals surface area contributed by atoms with Crippen molar-refractivity contribution in [2.75, 3.05) is 23.1 Å². The zero-order valence-corrected chi connectivity index (χ0v) is 18.3. The van der Waals surface area contributed by atoms with Crippen LogP contribution in [-0.4, -0.2) is 28.1 Å². The van der Waals surface area contributed by atoms with Crippen molar-refractivity contribution < 1.29 is 9.13 Å². The van der Waals surface area contributed by atoms with E-state index in [1.54, 1.807) is 19.2 Å². The molecule has 168 valence electrons. The molecular formula is C24H29FN6O. The van der Waals surface area contributed by atoms with Crippen molar-refractivity contribution >= 4 is 17.8 Å². The van der Waals surface area contributed by atoms with Gasteiger partial charge >= 0.3 is 0 Å². The highest BCUT2D eigenvalue weighted by atomic mass is 19.1. The molecule has 1 aliphatic carbocycles. The third-order valence-corrected chi connectivity index (χ3v) is 5.57. The fourth-order valence-electron chi connectivity index (χ4n) is 3.83. The van der Waals surface area contributed by atoms with E-state index < -0.39 is 0 Å². The van der Waals surface area contributed by atoms with Crippen molar-refractivity contribution in [1.82, 2.24) is 15.0 Å². The first-order valence-corrected chi connectivity index (χ1v) is 11.1. The lowest BCUT2D eigenvalue weighted by atomic mass is 9.96. The van der Waals surface area contributed by atoms with Gasteiger partial charge in [-0.15, -0.1) is 0 Å². The number of benzene rings is 2. The highest BCUT2D eigenvalue weighted by molar-refractivity contribution is 5.44. The van der Waals surface area contributed by atoms with E-state index in [1.807, 2.05) is 24.3 Å². The Bertz CT molecular complexity index is 1010. The summed E-state index contributed by atoms with van der Waals surface area (Å²) in [6, 6.07) is 14.6. The standard InChI is InChI=1S/C24H29FN6O/c1-32-21-10-6-5-7-18(21)16-27-23-29-22(26-15-17-11-13-19(25)14-12-17)30-24(31-23)28-20-8-3-2-4-9-20/h5-7,10-14,20H,2-4,8-9,15-16H2,1H3,(H3,26,27,28,29,30,31). The Balaban J connectivity index is 1.49. The lowest BCUT2D eigenvalue weighted by Crippen LogP contribution is -2.24. The van der Waals surface area contributed by atoms with Gasteiger partial charge in [-0.25, -0.2) is 4.39 Å². The van der Waals surface area contributed by atoms with Gasteiger partial charge in [-0.1, -0.05) is 49.6 Å². The topological polar surface area (TPSA) is 84.0 Å². The van der Waals surface area contributed by atoms with Crippen molar-refractivity contribution in [2.24, 2.45) is 0 Å². The molecule has 0 radical (unpaired) electrons. The summed E-state index contributed by atoms with van der Waals surface area (Å²) in [6.07, 6.45) is 5.96. The molecule has 0 saturated heterocycles. The number of hydrogen-bond acceptors (Lipinski definition) is 7. The Kier molecular flexibility index (Phi) is 7.32. The van der Waals surface area contributed by atoms with Gasteiger partial charge in [0, 0.05) is 24.7 Å². The van der Waals surface area contributed by atoms with E-state index in [1.165, 1.54) is 31.4 Å². The van der Waals surface area contributed by atoms with Crippen molar-refractivity contribution in [3.63, 3.8) is 0 Å². The third kappa shape index (κ3) is 6.06. The Morgan fingerprint density at radius 3 is 2.22 bits per heavy atom. The Morgan fingerprint density at radius 1 is 0.844 bits per heavy atom. The smallest absolute Gasteiger partial charge is 0.229 e. The van der Waals surface area contributed by atoms with Crippen LogP contribution in [0.25, 0.3) is 0 Å². The van der Waals surface area contributed by atoms with Crippen LogP contribution in [0.2, 0.25) is 0 Å². The second-order valence-electron chi connectivity index (χ2n) is 7.93. The molecule has 1 heterocycles. The number of para-hydroxylation sites is 1. The molecule has 0 amide bonds. The van der Waals surface area contributed by atoms with Crippen LogP contribution in [0.5, 0.6) is 5.75 Å². The summed E-state index contributed by atoms with van der Waals surface area (Å²) in [5, 5.41) is 9.99. The summed E-state index contributed by atoms with van der Waals surface area (Å²) >= 11 is 0. The van der Waals surface area contributed by atoms with E-state index in [4.69, 9.17) is 4.74 Å². The molecule has 4 rings (SSSR count). The number of ether oxygens (including phenoxy) is 1. The maximum absolute atomic E-state index is 13.2. The molecule has 32 heavy (non-hydrogen) atoms. The second kappa shape index (κ2) is 10.7. The van der Waals surface area contributed by atoms with Gasteiger partial charge in [0.15, 0.2) is 0 Å². The van der Waals surface area contributed by atoms with Gasteiger partial charge in [0.05, 0.1) is 7.11 Å². The first kappa shape index (κ1) is 21.8. The summed E-state index contributed by atoms with van der Waals surface area (Å²) in [5.74, 6) is 2.05. The molecule has 0 aliphatic heterocycles. The van der Waals surface area contributed by atoms with E-state index >= 15 is 0 Å². The maximum atomic E-state index is 13.2. The van der Waals surface area contributed by atoms with Crippen molar-refractivity contribution in [2.45, 2.75) is 51.2 Å². The molecule has 0 bridgehead atoms. The Labute approximate surface area is 187 Å². The monoisotopic (exact) mass is 436 g/mol. The lowest BCUT2D eigenvalue weighted by Gasteiger charge is -2.23. The van der Waals surface area contributed by atoms with Crippen LogP contribution in [0.1, 0.15) is 43.2 Å². The van der Waals surface area contributed by atoms with Crippen LogP contribution < -0.4 is 20.7 Å². The van der Waals surface area contributed by atoms with E-state index in [-0.39, 0.29) is 5.82 Å². The zero-order chi connectivity index (χ0) is 22.2. The van der Waals surface area contributed by atoms with Crippen LogP contribution in [0.3, 0.4) is 0 Å². The predicted molar refractivity (Wildman–Crippen MR) is 124 cm³/mol. The fraction of sp³-hybridized carbons (Fsp3) is 0.375. The molecular weight excluding hydrogens is 407 g/mol.